The van der Waals surface area contributed by atoms with Gasteiger partial charge in [-0.25, -0.2) is 13.1 Å². The van der Waals surface area contributed by atoms with Gasteiger partial charge in [0.1, 0.15) is 28.6 Å². The van der Waals surface area contributed by atoms with E-state index in [0.717, 1.165) is 81.9 Å². The molecule has 0 radical (unpaired) electrons. The summed E-state index contributed by atoms with van der Waals surface area (Å²) in [7, 11) is -3.23. The highest BCUT2D eigenvalue weighted by atomic mass is 32.2. The lowest BCUT2D eigenvalue weighted by molar-refractivity contribution is -0.388. The largest absolute Gasteiger partial charge is 0.491 e. The molecule has 1 amide bonds. The molecular formula is C51H60N6O10S2. The number of thioether (sulfide) groups is 1. The number of hydrogen-bond donors (Lipinski definition) is 3. The average molecular weight is 981 g/mol. The Labute approximate surface area is 406 Å². The van der Waals surface area contributed by atoms with Crippen molar-refractivity contribution in [3.63, 3.8) is 0 Å². The van der Waals surface area contributed by atoms with Crippen LogP contribution in [0.5, 0.6) is 23.1 Å². The Balaban J connectivity index is 0.876. The number of hydrogen-bond acceptors (Lipinski definition) is 14. The zero-order valence-electron chi connectivity index (χ0n) is 39.4. The van der Waals surface area contributed by atoms with Gasteiger partial charge in [-0.3, -0.25) is 19.8 Å². The fourth-order valence-corrected chi connectivity index (χ4v) is 13.7. The number of methoxy groups -OCH3 is 1. The van der Waals surface area contributed by atoms with E-state index in [0.29, 0.717) is 37.1 Å². The van der Waals surface area contributed by atoms with Gasteiger partial charge in [0.15, 0.2) is 5.75 Å². The number of ether oxygens (including phenoxy) is 4. The molecule has 0 unspecified atom stereocenters. The molecule has 3 aromatic carbocycles. The number of amides is 1. The number of rotatable bonds is 12. The van der Waals surface area contributed by atoms with E-state index in [-0.39, 0.29) is 62.8 Å². The summed E-state index contributed by atoms with van der Waals surface area (Å²) in [5, 5.41) is 23.6. The summed E-state index contributed by atoms with van der Waals surface area (Å²) in [5.41, 5.74) is 3.11. The van der Waals surface area contributed by atoms with Crippen molar-refractivity contribution < 1.29 is 42.2 Å². The van der Waals surface area contributed by atoms with E-state index in [1.165, 1.54) is 36.1 Å². The predicted octanol–water partition coefficient (Wildman–Crippen LogP) is 9.13. The lowest BCUT2D eigenvalue weighted by atomic mass is 9.59. The second-order valence-electron chi connectivity index (χ2n) is 20.1. The maximum atomic E-state index is 14.3. The number of carbonyl (C=O) groups is 1. The quantitative estimate of drug-likeness (QED) is 0.0790. The zero-order valence-corrected chi connectivity index (χ0v) is 41.1. The molecule has 2 saturated carbocycles. The van der Waals surface area contributed by atoms with Crippen LogP contribution in [0.15, 0.2) is 82.7 Å². The normalized spacial score (nSPS) is 24.1. The number of aromatic nitrogens is 2. The number of nitrogens with one attached hydrogen (secondary N) is 2. The number of nitro groups is 1. The number of benzene rings is 3. The van der Waals surface area contributed by atoms with Crippen molar-refractivity contribution in [3.05, 3.63) is 99.7 Å². The molecule has 5 heterocycles. The highest BCUT2D eigenvalue weighted by Crippen LogP contribution is 2.54. The van der Waals surface area contributed by atoms with E-state index in [4.69, 9.17) is 18.9 Å². The number of sulfonamides is 1. The summed E-state index contributed by atoms with van der Waals surface area (Å²) in [5.74, 6) is 0.106. The zero-order chi connectivity index (χ0) is 48.2. The van der Waals surface area contributed by atoms with E-state index in [2.05, 4.69) is 62.6 Å². The standard InChI is InChI=1S/C51H60N6O10S2/c1-31(2)37-7-5-6-8-38(37)41-29-65-22-21-56(41)35-27-51(28-35)16-19-55(20-17-51)34-9-10-39(42(24-34)67-44-23-33-13-18-52-47(33)53-49(44)64-4)48(58)54-69(62,63)36-25-40(57(60)61)46-43(26-36)66-30-45(68-46)32-11-14-50(3,59)15-12-32/h5-10,13,18,23-26,31-32,35,41,45,59H,11-12,14-17,19-22,27-30H2,1-4H3,(H,52,53)(H,54,58)/t32-,41-,45-,50-/m1/s1. The number of nitrogens with zero attached hydrogens (tertiary/aromatic N) is 4. The SMILES string of the molecule is COc1nc2[nH]ccc2cc1Oc1cc(N2CCC3(CC2)CC(N2CCOC[C@@H]2c2ccccc2C(C)C)C3)ccc1C(=O)NS(=O)(=O)c1cc2c(c([N+](=O)[O-])c1)S[C@@H]([C@H]1CC[C@](C)(O)CC1)CO2. The summed E-state index contributed by atoms with van der Waals surface area (Å²) in [6, 6.07) is 20.3. The molecule has 2 atom stereocenters. The molecule has 5 aliphatic rings. The third-order valence-corrected chi connectivity index (χ3v) is 18.1. The van der Waals surface area contributed by atoms with Crippen molar-refractivity contribution in [2.45, 2.75) is 111 Å². The molecule has 4 fully saturated rings. The van der Waals surface area contributed by atoms with Gasteiger partial charge in [-0.15, -0.1) is 11.8 Å². The van der Waals surface area contributed by atoms with Crippen molar-refractivity contribution in [2.75, 3.05) is 51.5 Å². The number of aliphatic hydroxyl groups is 1. The molecule has 10 rings (SSSR count). The van der Waals surface area contributed by atoms with Crippen LogP contribution in [0.3, 0.4) is 0 Å². The highest BCUT2D eigenvalue weighted by molar-refractivity contribution is 8.00. The third kappa shape index (κ3) is 9.50. The number of piperidine rings is 1. The Morgan fingerprint density at radius 1 is 1.01 bits per heavy atom. The van der Waals surface area contributed by atoms with Crippen molar-refractivity contribution in [1.29, 1.82) is 0 Å². The fourth-order valence-electron chi connectivity index (χ4n) is 11.3. The minimum atomic E-state index is -4.68. The van der Waals surface area contributed by atoms with Crippen LogP contribution in [-0.4, -0.2) is 103 Å². The first kappa shape index (κ1) is 47.3. The Morgan fingerprint density at radius 2 is 1.78 bits per heavy atom. The third-order valence-electron chi connectivity index (χ3n) is 15.3. The van der Waals surface area contributed by atoms with Gasteiger partial charge in [0.25, 0.3) is 27.5 Å². The molecule has 3 N–H and O–H groups in total. The summed E-state index contributed by atoms with van der Waals surface area (Å²) >= 11 is 1.30. The fraction of sp³-hybridized carbons (Fsp3) is 0.490. The first-order chi connectivity index (χ1) is 33.1. The monoisotopic (exact) mass is 980 g/mol. The van der Waals surface area contributed by atoms with Crippen LogP contribution in [0.1, 0.15) is 106 Å². The molecular weight excluding hydrogens is 921 g/mol. The topological polar surface area (TPSA) is 199 Å². The van der Waals surface area contributed by atoms with Crippen molar-refractivity contribution >= 4 is 50.1 Å². The maximum Gasteiger partial charge on any atom is 0.288 e. The minimum Gasteiger partial charge on any atom is -0.491 e. The van der Waals surface area contributed by atoms with Crippen molar-refractivity contribution in [3.8, 4) is 23.1 Å². The average Bonchev–Trinajstić information content (AvgIpc) is 3.79. The van der Waals surface area contributed by atoms with Crippen LogP contribution in [0.2, 0.25) is 0 Å². The van der Waals surface area contributed by atoms with Gasteiger partial charge >= 0.3 is 0 Å². The Bertz CT molecular complexity index is 2860. The Morgan fingerprint density at radius 3 is 2.52 bits per heavy atom. The minimum absolute atomic E-state index is 0.0626. The highest BCUT2D eigenvalue weighted by Gasteiger charge is 2.50. The molecule has 16 nitrogen and oxygen atoms in total. The number of anilines is 1. The van der Waals surface area contributed by atoms with Crippen LogP contribution in [0, 0.1) is 21.4 Å². The van der Waals surface area contributed by atoms with E-state index >= 15 is 0 Å². The molecule has 1 spiro atoms. The second kappa shape index (κ2) is 18.7. The number of fused-ring (bicyclic) bond motifs is 2. The van der Waals surface area contributed by atoms with Crippen LogP contribution >= 0.6 is 11.8 Å². The molecule has 0 bridgehead atoms. The molecule has 5 aromatic rings. The number of nitro benzene ring substituents is 1. The number of pyridine rings is 1. The van der Waals surface area contributed by atoms with Gasteiger partial charge in [-0.1, -0.05) is 38.1 Å². The molecule has 3 aliphatic heterocycles. The lowest BCUT2D eigenvalue weighted by Crippen LogP contribution is -2.58. The van der Waals surface area contributed by atoms with Crippen molar-refractivity contribution in [2.24, 2.45) is 11.3 Å². The number of morpholine rings is 1. The first-order valence-electron chi connectivity index (χ1n) is 24.0. The van der Waals surface area contributed by atoms with Crippen LogP contribution in [0.4, 0.5) is 11.4 Å². The molecule has 69 heavy (non-hydrogen) atoms. The summed E-state index contributed by atoms with van der Waals surface area (Å²) in [6.07, 6.45) is 8.72. The molecule has 2 aliphatic carbocycles. The number of carbonyl (C=O) groups excluding carboxylic acids is 1. The molecule has 366 valence electrons. The Hall–Kier alpha value is -5.40. The van der Waals surface area contributed by atoms with Crippen LogP contribution in [0.25, 0.3) is 11.0 Å². The van der Waals surface area contributed by atoms with Gasteiger partial charge in [-0.05, 0) is 111 Å². The van der Waals surface area contributed by atoms with Crippen molar-refractivity contribution in [1.82, 2.24) is 19.6 Å². The number of H-pyrrole nitrogens is 1. The summed E-state index contributed by atoms with van der Waals surface area (Å²) in [6.45, 7) is 10.5. The molecule has 18 heteroatoms. The van der Waals surface area contributed by atoms with E-state index in [1.807, 2.05) is 13.0 Å². The van der Waals surface area contributed by atoms with Crippen LogP contribution in [-0.2, 0) is 14.8 Å². The predicted molar refractivity (Wildman–Crippen MR) is 262 cm³/mol. The second-order valence-corrected chi connectivity index (χ2v) is 23.1. The van der Waals surface area contributed by atoms with E-state index in [1.54, 1.807) is 30.5 Å². The number of aromatic amines is 1. The summed E-state index contributed by atoms with van der Waals surface area (Å²) < 4.78 is 54.5. The summed E-state index contributed by atoms with van der Waals surface area (Å²) in [4.78, 5) is 38.4. The smallest absolute Gasteiger partial charge is 0.288 e. The van der Waals surface area contributed by atoms with E-state index < -0.39 is 37.0 Å². The lowest BCUT2D eigenvalue weighted by Gasteiger charge is -2.57. The first-order valence-corrected chi connectivity index (χ1v) is 26.4. The van der Waals surface area contributed by atoms with Gasteiger partial charge in [0.2, 0.25) is 0 Å². The maximum absolute atomic E-state index is 14.3. The van der Waals surface area contributed by atoms with Gasteiger partial charge < -0.3 is 33.9 Å². The van der Waals surface area contributed by atoms with Gasteiger partial charge in [0, 0.05) is 66.4 Å². The van der Waals surface area contributed by atoms with Crippen LogP contribution < -0.4 is 23.8 Å². The van der Waals surface area contributed by atoms with E-state index in [9.17, 15) is 28.4 Å². The van der Waals surface area contributed by atoms with Gasteiger partial charge in [0.05, 0.1) is 47.3 Å². The molecule has 2 saturated heterocycles. The van der Waals surface area contributed by atoms with Gasteiger partial charge in [-0.2, -0.15) is 4.98 Å². The molecule has 2 aromatic heterocycles. The Kier molecular flexibility index (Phi) is 12.8.